The van der Waals surface area contributed by atoms with E-state index in [-0.39, 0.29) is 17.5 Å². The zero-order valence-corrected chi connectivity index (χ0v) is 17.8. The minimum atomic E-state index is -2.94. The van der Waals surface area contributed by atoms with Crippen molar-refractivity contribution in [2.24, 2.45) is 5.73 Å². The van der Waals surface area contributed by atoms with Gasteiger partial charge in [-0.15, -0.1) is 0 Å². The highest BCUT2D eigenvalue weighted by atomic mass is 79.9. The van der Waals surface area contributed by atoms with E-state index in [1.807, 2.05) is 12.1 Å². The molecule has 0 aliphatic heterocycles. The minimum Gasteiger partial charge on any atom is -0.493 e. The van der Waals surface area contributed by atoms with Gasteiger partial charge in [0.25, 0.3) is 5.89 Å². The fourth-order valence-corrected chi connectivity index (χ4v) is 4.12. The van der Waals surface area contributed by atoms with Gasteiger partial charge < -0.3 is 19.7 Å². The molecule has 0 radical (unpaired) electrons. The molecule has 4 rings (SSSR count). The zero-order valence-electron chi connectivity index (χ0n) is 16.2. The number of nitrogens with two attached hydrogens (primary N) is 1. The second kappa shape index (κ2) is 8.69. The SMILES string of the molecule is COc1cc(Cc2noc(-c3ccc4c(c3)CCCC4N)n2)c(Br)cc1OC(F)F. The first-order chi connectivity index (χ1) is 14.4. The Balaban J connectivity index is 1.57. The molecule has 2 aromatic carbocycles. The summed E-state index contributed by atoms with van der Waals surface area (Å²) >= 11 is 3.38. The van der Waals surface area contributed by atoms with E-state index in [0.717, 1.165) is 30.4 Å². The number of rotatable bonds is 6. The average Bonchev–Trinajstić information content (AvgIpc) is 3.18. The highest BCUT2D eigenvalue weighted by molar-refractivity contribution is 9.10. The van der Waals surface area contributed by atoms with Crippen LogP contribution >= 0.6 is 15.9 Å². The van der Waals surface area contributed by atoms with Gasteiger partial charge in [0.05, 0.1) is 7.11 Å². The van der Waals surface area contributed by atoms with Crippen LogP contribution in [-0.4, -0.2) is 23.9 Å². The second-order valence-electron chi connectivity index (χ2n) is 7.08. The largest absolute Gasteiger partial charge is 0.493 e. The van der Waals surface area contributed by atoms with E-state index in [1.54, 1.807) is 6.07 Å². The van der Waals surface area contributed by atoms with E-state index in [2.05, 4.69) is 36.9 Å². The van der Waals surface area contributed by atoms with Gasteiger partial charge in [-0.2, -0.15) is 13.8 Å². The third-order valence-electron chi connectivity index (χ3n) is 5.12. The van der Waals surface area contributed by atoms with E-state index in [4.69, 9.17) is 15.0 Å². The van der Waals surface area contributed by atoms with Gasteiger partial charge >= 0.3 is 6.61 Å². The lowest BCUT2D eigenvalue weighted by molar-refractivity contribution is -0.0512. The van der Waals surface area contributed by atoms with Crippen LogP contribution in [0.2, 0.25) is 0 Å². The fourth-order valence-electron chi connectivity index (χ4n) is 3.66. The molecule has 1 unspecified atom stereocenters. The van der Waals surface area contributed by atoms with Gasteiger partial charge in [-0.25, -0.2) is 0 Å². The van der Waals surface area contributed by atoms with E-state index in [9.17, 15) is 8.78 Å². The molecule has 0 spiro atoms. The molecule has 0 amide bonds. The Morgan fingerprint density at radius 3 is 2.87 bits per heavy atom. The number of nitrogens with zero attached hydrogens (tertiary/aromatic N) is 2. The Kier molecular flexibility index (Phi) is 6.01. The number of ether oxygens (including phenoxy) is 2. The number of halogens is 3. The quantitative estimate of drug-likeness (QED) is 0.533. The van der Waals surface area contributed by atoms with Gasteiger partial charge in [-0.05, 0) is 60.2 Å². The van der Waals surface area contributed by atoms with Crippen LogP contribution in [-0.2, 0) is 12.8 Å². The number of methoxy groups -OCH3 is 1. The van der Waals surface area contributed by atoms with E-state index in [0.29, 0.717) is 22.6 Å². The fraction of sp³-hybridized carbons (Fsp3) is 0.333. The van der Waals surface area contributed by atoms with Gasteiger partial charge in [0.15, 0.2) is 17.3 Å². The molecule has 0 saturated carbocycles. The van der Waals surface area contributed by atoms with Crippen LogP contribution in [0.15, 0.2) is 39.3 Å². The van der Waals surface area contributed by atoms with Crippen LogP contribution < -0.4 is 15.2 Å². The molecule has 3 aromatic rings. The summed E-state index contributed by atoms with van der Waals surface area (Å²) in [6, 6.07) is 9.15. The molecule has 0 fully saturated rings. The van der Waals surface area contributed by atoms with Crippen molar-refractivity contribution >= 4 is 15.9 Å². The summed E-state index contributed by atoms with van der Waals surface area (Å²) in [7, 11) is 1.39. The van der Waals surface area contributed by atoms with Crippen molar-refractivity contribution in [1.82, 2.24) is 10.1 Å². The summed E-state index contributed by atoms with van der Waals surface area (Å²) in [6.07, 6.45) is 3.37. The molecule has 6 nitrogen and oxygen atoms in total. The van der Waals surface area contributed by atoms with Gasteiger partial charge in [-0.3, -0.25) is 0 Å². The van der Waals surface area contributed by atoms with E-state index >= 15 is 0 Å². The molecule has 1 atom stereocenters. The number of alkyl halides is 2. The molecule has 9 heteroatoms. The third kappa shape index (κ3) is 4.32. The first-order valence-corrected chi connectivity index (χ1v) is 10.3. The van der Waals surface area contributed by atoms with Crippen molar-refractivity contribution in [1.29, 1.82) is 0 Å². The Labute approximate surface area is 180 Å². The molecule has 0 bridgehead atoms. The molecule has 158 valence electrons. The predicted octanol–water partition coefficient (Wildman–Crippen LogP) is 5.04. The Bertz CT molecular complexity index is 1060. The molecular weight excluding hydrogens is 460 g/mol. The summed E-state index contributed by atoms with van der Waals surface area (Å²) in [4.78, 5) is 4.49. The van der Waals surface area contributed by atoms with Gasteiger partial charge in [-0.1, -0.05) is 27.2 Å². The number of benzene rings is 2. The molecule has 30 heavy (non-hydrogen) atoms. The molecule has 1 heterocycles. The third-order valence-corrected chi connectivity index (χ3v) is 5.85. The monoisotopic (exact) mass is 479 g/mol. The van der Waals surface area contributed by atoms with Crippen molar-refractivity contribution in [3.05, 3.63) is 57.3 Å². The highest BCUT2D eigenvalue weighted by Crippen LogP contribution is 2.36. The Morgan fingerprint density at radius 2 is 2.10 bits per heavy atom. The lowest BCUT2D eigenvalue weighted by Gasteiger charge is -2.22. The maximum absolute atomic E-state index is 12.6. The second-order valence-corrected chi connectivity index (χ2v) is 7.93. The van der Waals surface area contributed by atoms with E-state index in [1.165, 1.54) is 24.3 Å². The number of aromatic nitrogens is 2. The molecule has 1 aliphatic rings. The smallest absolute Gasteiger partial charge is 0.387 e. The van der Waals surface area contributed by atoms with Gasteiger partial charge in [0.1, 0.15) is 0 Å². The molecule has 1 aliphatic carbocycles. The summed E-state index contributed by atoms with van der Waals surface area (Å²) in [5, 5.41) is 4.06. The van der Waals surface area contributed by atoms with Crippen LogP contribution in [0.1, 0.15) is 41.4 Å². The maximum atomic E-state index is 12.6. The summed E-state index contributed by atoms with van der Waals surface area (Å²) in [5.41, 5.74) is 10.2. The van der Waals surface area contributed by atoms with Crippen molar-refractivity contribution in [2.45, 2.75) is 38.3 Å². The predicted molar refractivity (Wildman–Crippen MR) is 110 cm³/mol. The first-order valence-electron chi connectivity index (χ1n) is 9.47. The lowest BCUT2D eigenvalue weighted by Crippen LogP contribution is -2.17. The maximum Gasteiger partial charge on any atom is 0.387 e. The summed E-state index contributed by atoms with van der Waals surface area (Å²) in [6.45, 7) is -2.94. The Hall–Kier alpha value is -2.52. The molecular formula is C21H20BrF2N3O3. The van der Waals surface area contributed by atoms with Crippen LogP contribution in [0.25, 0.3) is 11.5 Å². The van der Waals surface area contributed by atoms with Crippen LogP contribution in [0.4, 0.5) is 8.78 Å². The minimum absolute atomic E-state index is 0.0517. The lowest BCUT2D eigenvalue weighted by atomic mass is 9.87. The number of hydrogen-bond donors (Lipinski definition) is 1. The summed E-state index contributed by atoms with van der Waals surface area (Å²) in [5.74, 6) is 1.03. The van der Waals surface area contributed by atoms with Crippen LogP contribution in [0.3, 0.4) is 0 Å². The van der Waals surface area contributed by atoms with Crippen molar-refractivity contribution in [3.8, 4) is 23.0 Å². The molecule has 2 N–H and O–H groups in total. The highest BCUT2D eigenvalue weighted by Gasteiger charge is 2.20. The number of hydrogen-bond acceptors (Lipinski definition) is 6. The zero-order chi connectivity index (χ0) is 21.3. The van der Waals surface area contributed by atoms with Crippen molar-refractivity contribution in [2.75, 3.05) is 7.11 Å². The van der Waals surface area contributed by atoms with Crippen molar-refractivity contribution < 1.29 is 22.8 Å². The average molecular weight is 480 g/mol. The molecule has 0 saturated heterocycles. The van der Waals surface area contributed by atoms with Gasteiger partial charge in [0.2, 0.25) is 0 Å². The standard InChI is InChI=1S/C21H20BrF2N3O3/c1-28-17-8-13(15(22)10-18(17)29-21(23)24)9-19-26-20(30-27-19)12-5-6-14-11(7-12)3-2-4-16(14)25/h5-8,10,16,21H,2-4,9,25H2,1H3. The topological polar surface area (TPSA) is 83.4 Å². The molecule has 1 aromatic heterocycles. The number of aryl methyl sites for hydroxylation is 1. The van der Waals surface area contributed by atoms with Crippen LogP contribution in [0.5, 0.6) is 11.5 Å². The summed E-state index contributed by atoms with van der Waals surface area (Å²) < 4.78 is 40.8. The van der Waals surface area contributed by atoms with E-state index < -0.39 is 6.61 Å². The normalized spacial score (nSPS) is 15.9. The van der Waals surface area contributed by atoms with Gasteiger partial charge in [0, 0.05) is 22.5 Å². The first kappa shape index (κ1) is 20.7. The van der Waals surface area contributed by atoms with Crippen LogP contribution in [0, 0.1) is 0 Å². The van der Waals surface area contributed by atoms with Crippen molar-refractivity contribution in [3.63, 3.8) is 0 Å². The Morgan fingerprint density at radius 1 is 1.27 bits per heavy atom. The number of fused-ring (bicyclic) bond motifs is 1.